The van der Waals surface area contributed by atoms with E-state index in [9.17, 15) is 9.18 Å². The molecular weight excluding hydrogens is 322 g/mol. The molecule has 0 amide bonds. The predicted octanol–water partition coefficient (Wildman–Crippen LogP) is 4.85. The van der Waals surface area contributed by atoms with Crippen molar-refractivity contribution >= 4 is 33.8 Å². The molecule has 5 heteroatoms. The van der Waals surface area contributed by atoms with E-state index < -0.39 is 5.82 Å². The van der Waals surface area contributed by atoms with Crippen LogP contribution >= 0.6 is 27.5 Å². The summed E-state index contributed by atoms with van der Waals surface area (Å²) in [6, 6.07) is 9.11. The van der Waals surface area contributed by atoms with E-state index in [1.807, 2.05) is 0 Å². The van der Waals surface area contributed by atoms with Gasteiger partial charge in [0.05, 0.1) is 15.1 Å². The van der Waals surface area contributed by atoms with Crippen LogP contribution in [0.1, 0.15) is 10.4 Å². The number of benzene rings is 2. The number of para-hydroxylation sites is 1. The van der Waals surface area contributed by atoms with E-state index in [1.165, 1.54) is 12.1 Å². The zero-order chi connectivity index (χ0) is 13.1. The summed E-state index contributed by atoms with van der Waals surface area (Å²) in [5, 5.41) is 0.294. The van der Waals surface area contributed by atoms with Crippen molar-refractivity contribution in [3.63, 3.8) is 0 Å². The van der Waals surface area contributed by atoms with Crippen molar-refractivity contribution in [2.75, 3.05) is 0 Å². The van der Waals surface area contributed by atoms with Crippen LogP contribution < -0.4 is 4.74 Å². The molecule has 2 aromatic carbocycles. The first kappa shape index (κ1) is 13.1. The average molecular weight is 330 g/mol. The van der Waals surface area contributed by atoms with Crippen LogP contribution in [-0.4, -0.2) is 6.29 Å². The van der Waals surface area contributed by atoms with Gasteiger partial charge < -0.3 is 4.74 Å². The quantitative estimate of drug-likeness (QED) is 0.753. The van der Waals surface area contributed by atoms with Gasteiger partial charge in [-0.25, -0.2) is 4.39 Å². The fourth-order valence-corrected chi connectivity index (χ4v) is 1.85. The van der Waals surface area contributed by atoms with Crippen molar-refractivity contribution in [2.24, 2.45) is 0 Å². The van der Waals surface area contributed by atoms with E-state index >= 15 is 0 Å². The maximum Gasteiger partial charge on any atom is 0.156 e. The lowest BCUT2D eigenvalue weighted by atomic mass is 10.2. The molecule has 0 saturated heterocycles. The molecule has 0 aliphatic heterocycles. The molecule has 0 N–H and O–H groups in total. The highest BCUT2D eigenvalue weighted by molar-refractivity contribution is 9.10. The Hall–Kier alpha value is -1.39. The van der Waals surface area contributed by atoms with Crippen LogP contribution in [0.5, 0.6) is 11.5 Å². The van der Waals surface area contributed by atoms with Crippen molar-refractivity contribution in [3.8, 4) is 11.5 Å². The van der Waals surface area contributed by atoms with Crippen LogP contribution in [0.15, 0.2) is 40.9 Å². The Morgan fingerprint density at radius 3 is 2.72 bits per heavy atom. The Morgan fingerprint density at radius 1 is 1.28 bits per heavy atom. The molecule has 2 nitrogen and oxygen atoms in total. The zero-order valence-corrected chi connectivity index (χ0v) is 11.3. The number of carbonyl (C=O) groups excluding carboxylic acids is 1. The van der Waals surface area contributed by atoms with Gasteiger partial charge in [0.2, 0.25) is 0 Å². The highest BCUT2D eigenvalue weighted by Gasteiger charge is 2.10. The van der Waals surface area contributed by atoms with Crippen LogP contribution in [-0.2, 0) is 0 Å². The Bertz CT molecular complexity index is 602. The molecule has 0 saturated carbocycles. The second-order valence-electron chi connectivity index (χ2n) is 3.45. The summed E-state index contributed by atoms with van der Waals surface area (Å²) in [5.41, 5.74) is 0.311. The van der Waals surface area contributed by atoms with Gasteiger partial charge in [-0.1, -0.05) is 17.7 Å². The molecule has 0 aliphatic carbocycles. The Balaban J connectivity index is 2.39. The maximum absolute atomic E-state index is 13.3. The summed E-state index contributed by atoms with van der Waals surface area (Å²) in [5.74, 6) is 0.0370. The summed E-state index contributed by atoms with van der Waals surface area (Å²) in [4.78, 5) is 10.9. The number of hydrogen-bond acceptors (Lipinski definition) is 2. The monoisotopic (exact) mass is 328 g/mol. The highest BCUT2D eigenvalue weighted by atomic mass is 79.9. The molecule has 0 fully saturated rings. The number of hydrogen-bond donors (Lipinski definition) is 0. The van der Waals surface area contributed by atoms with Crippen LogP contribution in [0.2, 0.25) is 5.02 Å². The maximum atomic E-state index is 13.3. The summed E-state index contributed by atoms with van der Waals surface area (Å²) in [6.45, 7) is 0. The number of carbonyl (C=O) groups is 1. The summed E-state index contributed by atoms with van der Waals surface area (Å²) in [7, 11) is 0. The Kier molecular flexibility index (Phi) is 3.99. The lowest BCUT2D eigenvalue weighted by Crippen LogP contribution is -1.92. The standard InChI is InChI=1S/C13H7BrClFO2/c14-10-5-4-9(6-12(10)16)18-13-8(7-17)2-1-3-11(13)15/h1-7H. The molecule has 2 aromatic rings. The van der Waals surface area contributed by atoms with E-state index in [0.717, 1.165) is 0 Å². The third kappa shape index (κ3) is 2.71. The largest absolute Gasteiger partial charge is 0.455 e. The number of halogens is 3. The first-order chi connectivity index (χ1) is 8.61. The average Bonchev–Trinajstić information content (AvgIpc) is 2.36. The van der Waals surface area contributed by atoms with E-state index in [4.69, 9.17) is 16.3 Å². The van der Waals surface area contributed by atoms with Gasteiger partial charge in [-0.15, -0.1) is 0 Å². The van der Waals surface area contributed by atoms with Gasteiger partial charge in [0.15, 0.2) is 12.0 Å². The molecule has 0 aromatic heterocycles. The van der Waals surface area contributed by atoms with Gasteiger partial charge in [0, 0.05) is 6.07 Å². The van der Waals surface area contributed by atoms with Crippen LogP contribution in [0.4, 0.5) is 4.39 Å². The topological polar surface area (TPSA) is 26.3 Å². The second kappa shape index (κ2) is 5.50. The Labute approximate surface area is 116 Å². The first-order valence-electron chi connectivity index (χ1n) is 4.98. The van der Waals surface area contributed by atoms with Gasteiger partial charge >= 0.3 is 0 Å². The molecule has 0 atom stereocenters. The van der Waals surface area contributed by atoms with E-state index in [2.05, 4.69) is 15.9 Å². The van der Waals surface area contributed by atoms with Crippen molar-refractivity contribution in [3.05, 3.63) is 57.3 Å². The molecule has 18 heavy (non-hydrogen) atoms. The van der Waals surface area contributed by atoms with Gasteiger partial charge in [-0.05, 0) is 40.2 Å². The van der Waals surface area contributed by atoms with Crippen molar-refractivity contribution in [1.82, 2.24) is 0 Å². The zero-order valence-electron chi connectivity index (χ0n) is 8.99. The minimum Gasteiger partial charge on any atom is -0.455 e. The van der Waals surface area contributed by atoms with Gasteiger partial charge in [-0.2, -0.15) is 0 Å². The van der Waals surface area contributed by atoms with Crippen molar-refractivity contribution in [1.29, 1.82) is 0 Å². The SMILES string of the molecule is O=Cc1cccc(Cl)c1Oc1ccc(Br)c(F)c1. The third-order valence-electron chi connectivity index (χ3n) is 2.24. The highest BCUT2D eigenvalue weighted by Crippen LogP contribution is 2.33. The van der Waals surface area contributed by atoms with Gasteiger partial charge in [0.25, 0.3) is 0 Å². The number of rotatable bonds is 3. The van der Waals surface area contributed by atoms with Crippen LogP contribution in [0, 0.1) is 5.82 Å². The van der Waals surface area contributed by atoms with Gasteiger partial charge in [0.1, 0.15) is 11.6 Å². The van der Waals surface area contributed by atoms with Crippen LogP contribution in [0.3, 0.4) is 0 Å². The fourth-order valence-electron chi connectivity index (χ4n) is 1.38. The predicted molar refractivity (Wildman–Crippen MR) is 71.0 cm³/mol. The molecule has 92 valence electrons. The number of ether oxygens (including phenoxy) is 1. The number of aldehydes is 1. The third-order valence-corrected chi connectivity index (χ3v) is 3.18. The lowest BCUT2D eigenvalue weighted by Gasteiger charge is -2.10. The molecule has 0 spiro atoms. The minimum atomic E-state index is -0.452. The smallest absolute Gasteiger partial charge is 0.156 e. The summed E-state index contributed by atoms with van der Waals surface area (Å²) < 4.78 is 19.1. The second-order valence-corrected chi connectivity index (χ2v) is 4.72. The molecule has 0 radical (unpaired) electrons. The molecule has 0 aliphatic rings. The minimum absolute atomic E-state index is 0.218. The molecule has 0 unspecified atom stereocenters. The lowest BCUT2D eigenvalue weighted by molar-refractivity contribution is 0.112. The van der Waals surface area contributed by atoms with Crippen molar-refractivity contribution < 1.29 is 13.9 Å². The van der Waals surface area contributed by atoms with E-state index in [0.29, 0.717) is 21.3 Å². The fraction of sp³-hybridized carbons (Fsp3) is 0. The van der Waals surface area contributed by atoms with Crippen LogP contribution in [0.25, 0.3) is 0 Å². The Morgan fingerprint density at radius 2 is 2.06 bits per heavy atom. The molecule has 0 bridgehead atoms. The van der Waals surface area contributed by atoms with E-state index in [-0.39, 0.29) is 11.5 Å². The summed E-state index contributed by atoms with van der Waals surface area (Å²) in [6.07, 6.45) is 0.635. The molecular formula is C13H7BrClFO2. The van der Waals surface area contributed by atoms with E-state index in [1.54, 1.807) is 24.3 Å². The first-order valence-corrected chi connectivity index (χ1v) is 6.15. The van der Waals surface area contributed by atoms with Gasteiger partial charge in [-0.3, -0.25) is 4.79 Å². The van der Waals surface area contributed by atoms with Crippen molar-refractivity contribution in [2.45, 2.75) is 0 Å². The molecule has 2 rings (SSSR count). The molecule has 0 heterocycles. The normalized spacial score (nSPS) is 10.2. The summed E-state index contributed by atoms with van der Waals surface area (Å²) >= 11 is 8.99.